The highest BCUT2D eigenvalue weighted by Gasteiger charge is 2.20. The third-order valence-corrected chi connectivity index (χ3v) is 5.40. The molecule has 0 fully saturated rings. The molecule has 0 aliphatic heterocycles. The van der Waals surface area contributed by atoms with Crippen molar-refractivity contribution in [3.8, 4) is 0 Å². The van der Waals surface area contributed by atoms with Gasteiger partial charge in [0.15, 0.2) is 9.34 Å². The molecule has 1 aromatic heterocycles. The van der Waals surface area contributed by atoms with E-state index < -0.39 is 10.0 Å². The monoisotopic (exact) mass is 278 g/mol. The van der Waals surface area contributed by atoms with Gasteiger partial charge in [0.05, 0.1) is 5.69 Å². The first-order chi connectivity index (χ1) is 7.86. The minimum atomic E-state index is -3.47. The summed E-state index contributed by atoms with van der Waals surface area (Å²) in [6.07, 6.45) is 0. The minimum Gasteiger partial charge on any atom is -0.375 e. The summed E-state index contributed by atoms with van der Waals surface area (Å²) in [5.74, 6) is 0. The van der Waals surface area contributed by atoms with Crippen molar-refractivity contribution in [2.45, 2.75) is 18.1 Å². The molecule has 0 aliphatic rings. The molecule has 0 saturated heterocycles. The van der Waals surface area contributed by atoms with Gasteiger partial charge in [0.25, 0.3) is 10.0 Å². The zero-order valence-electron chi connectivity index (χ0n) is 10.2. The molecule has 3 N–H and O–H groups in total. The van der Waals surface area contributed by atoms with Crippen molar-refractivity contribution < 1.29 is 8.42 Å². The van der Waals surface area contributed by atoms with Crippen molar-refractivity contribution in [2.24, 2.45) is 0 Å². The van der Waals surface area contributed by atoms with Crippen LogP contribution in [0.4, 0.5) is 5.13 Å². The fourth-order valence-corrected chi connectivity index (χ4v) is 3.61. The first-order valence-corrected chi connectivity index (χ1v) is 7.58. The fraction of sp³-hybridized carbons (Fsp3) is 0.667. The molecule has 1 aromatic rings. The van der Waals surface area contributed by atoms with Crippen LogP contribution in [0.15, 0.2) is 4.21 Å². The maximum Gasteiger partial charge on any atom is 0.252 e. The van der Waals surface area contributed by atoms with Gasteiger partial charge in [-0.05, 0) is 20.5 Å². The Bertz CT molecular complexity index is 469. The lowest BCUT2D eigenvalue weighted by Crippen LogP contribution is -2.32. The van der Waals surface area contributed by atoms with Gasteiger partial charge < -0.3 is 10.6 Å². The van der Waals surface area contributed by atoms with E-state index in [1.807, 2.05) is 18.9 Å². The highest BCUT2D eigenvalue weighted by Crippen LogP contribution is 2.24. The molecule has 1 heterocycles. The highest BCUT2D eigenvalue weighted by atomic mass is 32.2. The van der Waals surface area contributed by atoms with E-state index in [2.05, 4.69) is 9.71 Å². The average Bonchev–Trinajstić information content (AvgIpc) is 2.58. The number of nitrogens with zero attached hydrogens (tertiary/aromatic N) is 2. The molecule has 17 heavy (non-hydrogen) atoms. The van der Waals surface area contributed by atoms with E-state index in [1.54, 1.807) is 6.92 Å². The van der Waals surface area contributed by atoms with Gasteiger partial charge in [0, 0.05) is 13.1 Å². The van der Waals surface area contributed by atoms with Crippen LogP contribution in [-0.2, 0) is 10.0 Å². The van der Waals surface area contributed by atoms with Crippen molar-refractivity contribution in [3.05, 3.63) is 5.69 Å². The number of sulfonamides is 1. The zero-order chi connectivity index (χ0) is 13.1. The van der Waals surface area contributed by atoms with Gasteiger partial charge in [-0.25, -0.2) is 18.1 Å². The van der Waals surface area contributed by atoms with E-state index in [0.29, 0.717) is 18.8 Å². The summed E-state index contributed by atoms with van der Waals surface area (Å²) in [7, 11) is -1.54. The normalized spacial score (nSPS) is 12.2. The van der Waals surface area contributed by atoms with Crippen molar-refractivity contribution in [1.82, 2.24) is 14.6 Å². The van der Waals surface area contributed by atoms with Crippen molar-refractivity contribution >= 4 is 26.5 Å². The van der Waals surface area contributed by atoms with Crippen molar-refractivity contribution in [2.75, 3.05) is 32.4 Å². The van der Waals surface area contributed by atoms with Crippen LogP contribution in [0.25, 0.3) is 0 Å². The molecule has 0 unspecified atom stereocenters. The Morgan fingerprint density at radius 3 is 2.65 bits per heavy atom. The van der Waals surface area contributed by atoms with Gasteiger partial charge in [0.2, 0.25) is 0 Å². The lowest BCUT2D eigenvalue weighted by Gasteiger charge is -2.13. The first-order valence-electron chi connectivity index (χ1n) is 5.28. The smallest absolute Gasteiger partial charge is 0.252 e. The quantitative estimate of drug-likeness (QED) is 0.779. The number of thiazole rings is 1. The van der Waals surface area contributed by atoms with E-state index in [-0.39, 0.29) is 9.34 Å². The fourth-order valence-electron chi connectivity index (χ4n) is 1.25. The predicted molar refractivity (Wildman–Crippen MR) is 69.6 cm³/mol. The average molecular weight is 278 g/mol. The van der Waals surface area contributed by atoms with E-state index >= 15 is 0 Å². The van der Waals surface area contributed by atoms with Crippen LogP contribution < -0.4 is 10.5 Å². The highest BCUT2D eigenvalue weighted by molar-refractivity contribution is 7.91. The summed E-state index contributed by atoms with van der Waals surface area (Å²) in [5, 5.41) is 0.272. The van der Waals surface area contributed by atoms with Gasteiger partial charge in [-0.1, -0.05) is 18.3 Å². The van der Waals surface area contributed by atoms with E-state index in [4.69, 9.17) is 5.73 Å². The van der Waals surface area contributed by atoms with Gasteiger partial charge in [-0.3, -0.25) is 0 Å². The van der Waals surface area contributed by atoms with Crippen molar-refractivity contribution in [1.29, 1.82) is 0 Å². The SMILES string of the molecule is CCN(C)CCNS(=O)(=O)c1sc(N)nc1C. The van der Waals surface area contributed by atoms with Crippen LogP contribution in [0.2, 0.25) is 0 Å². The van der Waals surface area contributed by atoms with E-state index in [1.165, 1.54) is 0 Å². The molecule has 0 radical (unpaired) electrons. The zero-order valence-corrected chi connectivity index (χ0v) is 11.9. The molecule has 8 heteroatoms. The molecule has 0 saturated carbocycles. The van der Waals surface area contributed by atoms with E-state index in [9.17, 15) is 8.42 Å². The number of aromatic nitrogens is 1. The molecule has 0 aromatic carbocycles. The largest absolute Gasteiger partial charge is 0.375 e. The summed E-state index contributed by atoms with van der Waals surface area (Å²) in [5.41, 5.74) is 5.93. The number of nitrogen functional groups attached to an aromatic ring is 1. The maximum absolute atomic E-state index is 11.9. The summed E-state index contributed by atoms with van der Waals surface area (Å²) in [6.45, 7) is 5.59. The second-order valence-corrected chi connectivity index (χ2v) is 6.71. The number of rotatable bonds is 6. The lowest BCUT2D eigenvalue weighted by molar-refractivity contribution is 0.358. The van der Waals surface area contributed by atoms with Gasteiger partial charge >= 0.3 is 0 Å². The number of likely N-dealkylation sites (N-methyl/N-ethyl adjacent to an activating group) is 1. The summed E-state index contributed by atoms with van der Waals surface area (Å²) < 4.78 is 26.6. The maximum atomic E-state index is 11.9. The van der Waals surface area contributed by atoms with Crippen LogP contribution in [0, 0.1) is 6.92 Å². The molecular weight excluding hydrogens is 260 g/mol. The summed E-state index contributed by atoms with van der Waals surface area (Å²) in [6, 6.07) is 0. The first kappa shape index (κ1) is 14.4. The van der Waals surface area contributed by atoms with Gasteiger partial charge in [-0.15, -0.1) is 0 Å². The van der Waals surface area contributed by atoms with Crippen LogP contribution in [0.1, 0.15) is 12.6 Å². The molecule has 1 rings (SSSR count). The van der Waals surface area contributed by atoms with Crippen LogP contribution in [0.3, 0.4) is 0 Å². The van der Waals surface area contributed by atoms with Crippen LogP contribution in [-0.4, -0.2) is 45.0 Å². The molecule has 0 amide bonds. The Kier molecular flexibility index (Phi) is 4.87. The molecule has 6 nitrogen and oxygen atoms in total. The molecule has 98 valence electrons. The lowest BCUT2D eigenvalue weighted by atomic mass is 10.5. The molecular formula is C9H18N4O2S2. The Labute approximate surface area is 106 Å². The van der Waals surface area contributed by atoms with Crippen molar-refractivity contribution in [3.63, 3.8) is 0 Å². The number of nitrogens with one attached hydrogen (secondary N) is 1. The minimum absolute atomic E-state index is 0.203. The summed E-state index contributed by atoms with van der Waals surface area (Å²) >= 11 is 0.988. The number of nitrogens with two attached hydrogens (primary N) is 1. The van der Waals surface area contributed by atoms with Crippen LogP contribution >= 0.6 is 11.3 Å². The molecule has 0 bridgehead atoms. The molecule has 0 aliphatic carbocycles. The second-order valence-electron chi connectivity index (χ2n) is 3.72. The molecule has 0 atom stereocenters. The predicted octanol–water partition coefficient (Wildman–Crippen LogP) is 0.264. The van der Waals surface area contributed by atoms with Gasteiger partial charge in [-0.2, -0.15) is 0 Å². The Balaban J connectivity index is 2.66. The van der Waals surface area contributed by atoms with Gasteiger partial charge in [0.1, 0.15) is 0 Å². The Morgan fingerprint density at radius 1 is 1.53 bits per heavy atom. The number of aryl methyl sites for hydroxylation is 1. The second kappa shape index (κ2) is 5.76. The Morgan fingerprint density at radius 2 is 2.18 bits per heavy atom. The number of anilines is 1. The Hall–Kier alpha value is -0.700. The summed E-state index contributed by atoms with van der Waals surface area (Å²) in [4.78, 5) is 5.93. The third-order valence-electron chi connectivity index (χ3n) is 2.34. The van der Waals surface area contributed by atoms with E-state index in [0.717, 1.165) is 17.9 Å². The standard InChI is InChI=1S/C9H18N4O2S2/c1-4-13(3)6-5-11-17(14,15)8-7(2)12-9(10)16-8/h11H,4-6H2,1-3H3,(H2,10,12). The number of hydrogen-bond acceptors (Lipinski definition) is 6. The van der Waals surface area contributed by atoms with Crippen LogP contribution in [0.5, 0.6) is 0 Å². The number of hydrogen-bond donors (Lipinski definition) is 2. The molecule has 0 spiro atoms. The topological polar surface area (TPSA) is 88.3 Å². The third kappa shape index (κ3) is 3.91.